The zero-order valence-electron chi connectivity index (χ0n) is 8.16. The third-order valence-electron chi connectivity index (χ3n) is 1.97. The molecule has 0 unspecified atom stereocenters. The van der Waals surface area contributed by atoms with E-state index >= 15 is 0 Å². The van der Waals surface area contributed by atoms with Crippen molar-refractivity contribution in [2.24, 2.45) is 5.73 Å². The van der Waals surface area contributed by atoms with E-state index in [9.17, 15) is 4.39 Å². The molecule has 0 aliphatic rings. The molecule has 0 amide bonds. The Labute approximate surface area is 90.2 Å². The number of hydrogen-bond donors (Lipinski definition) is 1. The first-order valence-electron chi connectivity index (χ1n) is 4.27. The first kappa shape index (κ1) is 13.1. The van der Waals surface area contributed by atoms with Gasteiger partial charge in [-0.2, -0.15) is 0 Å². The van der Waals surface area contributed by atoms with Gasteiger partial charge in [-0.05, 0) is 19.4 Å². The van der Waals surface area contributed by atoms with E-state index in [1.165, 1.54) is 6.07 Å². The summed E-state index contributed by atoms with van der Waals surface area (Å²) in [5.41, 5.74) is 7.36. The first-order valence-corrected chi connectivity index (χ1v) is 4.27. The van der Waals surface area contributed by atoms with E-state index in [4.69, 9.17) is 5.73 Å². The predicted molar refractivity (Wildman–Crippen MR) is 60.1 cm³/mol. The van der Waals surface area contributed by atoms with Crippen molar-refractivity contribution >= 4 is 12.4 Å². The zero-order valence-corrected chi connectivity index (χ0v) is 8.98. The van der Waals surface area contributed by atoms with Crippen LogP contribution in [0.25, 0.3) is 0 Å². The van der Waals surface area contributed by atoms with Gasteiger partial charge in [-0.25, -0.2) is 4.39 Å². The Morgan fingerprint density at radius 3 is 2.79 bits per heavy atom. The van der Waals surface area contributed by atoms with Gasteiger partial charge in [0.15, 0.2) is 0 Å². The Morgan fingerprint density at radius 1 is 1.57 bits per heavy atom. The van der Waals surface area contributed by atoms with Crippen LogP contribution in [0, 0.1) is 12.7 Å². The lowest BCUT2D eigenvalue weighted by molar-refractivity contribution is 0.583. The molecule has 1 aromatic rings. The molecular formula is C11H15ClFN. The van der Waals surface area contributed by atoms with Crippen LogP contribution in [0.4, 0.5) is 4.39 Å². The molecule has 0 aromatic heterocycles. The van der Waals surface area contributed by atoms with E-state index in [0.717, 1.165) is 5.56 Å². The molecule has 78 valence electrons. The molecule has 14 heavy (non-hydrogen) atoms. The normalized spacial score (nSPS) is 11.6. The molecule has 0 saturated heterocycles. The number of hydrogen-bond acceptors (Lipinski definition) is 1. The summed E-state index contributed by atoms with van der Waals surface area (Å²) in [6.45, 7) is 5.50. The van der Waals surface area contributed by atoms with Gasteiger partial charge in [-0.3, -0.25) is 0 Å². The van der Waals surface area contributed by atoms with Crippen LogP contribution in [0.3, 0.4) is 0 Å². The average molecular weight is 216 g/mol. The molecule has 2 N–H and O–H groups in total. The van der Waals surface area contributed by atoms with Crippen LogP contribution in [0.1, 0.15) is 23.6 Å². The van der Waals surface area contributed by atoms with Crippen LogP contribution in [0.15, 0.2) is 30.9 Å². The molecule has 0 aliphatic carbocycles. The van der Waals surface area contributed by atoms with E-state index in [-0.39, 0.29) is 24.3 Å². The largest absolute Gasteiger partial charge is 0.324 e. The summed E-state index contributed by atoms with van der Waals surface area (Å²) in [7, 11) is 0. The maximum absolute atomic E-state index is 13.2. The molecule has 0 aliphatic heterocycles. The fourth-order valence-electron chi connectivity index (χ4n) is 1.25. The number of rotatable bonds is 3. The molecule has 1 rings (SSSR count). The zero-order chi connectivity index (χ0) is 9.84. The summed E-state index contributed by atoms with van der Waals surface area (Å²) in [6, 6.07) is 4.69. The Hall–Kier alpha value is -0.860. The van der Waals surface area contributed by atoms with Crippen LogP contribution in [-0.4, -0.2) is 0 Å². The van der Waals surface area contributed by atoms with Gasteiger partial charge >= 0.3 is 0 Å². The van der Waals surface area contributed by atoms with Crippen molar-refractivity contribution in [1.82, 2.24) is 0 Å². The van der Waals surface area contributed by atoms with Crippen molar-refractivity contribution in [2.45, 2.75) is 19.4 Å². The fraction of sp³-hybridized carbons (Fsp3) is 0.273. The molecule has 0 saturated carbocycles. The van der Waals surface area contributed by atoms with E-state index in [1.54, 1.807) is 18.2 Å². The number of nitrogens with two attached hydrogens (primary N) is 1. The summed E-state index contributed by atoms with van der Waals surface area (Å²) in [4.78, 5) is 0. The van der Waals surface area contributed by atoms with Crippen molar-refractivity contribution in [3.63, 3.8) is 0 Å². The lowest BCUT2D eigenvalue weighted by Crippen LogP contribution is -2.11. The summed E-state index contributed by atoms with van der Waals surface area (Å²) in [5, 5.41) is 0. The highest BCUT2D eigenvalue weighted by atomic mass is 35.5. The minimum Gasteiger partial charge on any atom is -0.324 e. The summed E-state index contributed by atoms with van der Waals surface area (Å²) in [6.07, 6.45) is 2.30. The fourth-order valence-corrected chi connectivity index (χ4v) is 1.25. The lowest BCUT2D eigenvalue weighted by atomic mass is 10.0. The Kier molecular flexibility index (Phi) is 5.43. The monoisotopic (exact) mass is 215 g/mol. The second kappa shape index (κ2) is 5.78. The second-order valence-electron chi connectivity index (χ2n) is 3.16. The third-order valence-corrected chi connectivity index (χ3v) is 1.97. The molecule has 0 spiro atoms. The molecule has 1 atom stereocenters. The van der Waals surface area contributed by atoms with Crippen molar-refractivity contribution in [1.29, 1.82) is 0 Å². The van der Waals surface area contributed by atoms with Gasteiger partial charge in [0.2, 0.25) is 0 Å². The highest BCUT2D eigenvalue weighted by Gasteiger charge is 2.09. The SMILES string of the molecule is C=CC[C@@H](N)c1cc(C)ccc1F.Cl. The molecule has 1 nitrogen and oxygen atoms in total. The Balaban J connectivity index is 0.00000169. The average Bonchev–Trinajstić information content (AvgIpc) is 2.09. The van der Waals surface area contributed by atoms with E-state index in [2.05, 4.69) is 6.58 Å². The highest BCUT2D eigenvalue weighted by Crippen LogP contribution is 2.19. The van der Waals surface area contributed by atoms with Crippen LogP contribution >= 0.6 is 12.4 Å². The molecule has 3 heteroatoms. The maximum atomic E-state index is 13.2. The van der Waals surface area contributed by atoms with E-state index in [1.807, 2.05) is 6.92 Å². The molecule has 0 heterocycles. The number of halogens is 2. The van der Waals surface area contributed by atoms with Crippen LogP contribution in [-0.2, 0) is 0 Å². The molecule has 0 radical (unpaired) electrons. The van der Waals surface area contributed by atoms with Gasteiger partial charge in [0.25, 0.3) is 0 Å². The summed E-state index contributed by atoms with van der Waals surface area (Å²) in [5.74, 6) is -0.236. The van der Waals surface area contributed by atoms with Gasteiger partial charge in [-0.1, -0.05) is 23.8 Å². The minimum absolute atomic E-state index is 0. The van der Waals surface area contributed by atoms with Crippen molar-refractivity contribution in [2.75, 3.05) is 0 Å². The third kappa shape index (κ3) is 3.13. The summed E-state index contributed by atoms with van der Waals surface area (Å²) >= 11 is 0. The molecule has 0 fully saturated rings. The highest BCUT2D eigenvalue weighted by molar-refractivity contribution is 5.85. The topological polar surface area (TPSA) is 26.0 Å². The van der Waals surface area contributed by atoms with Crippen LogP contribution < -0.4 is 5.73 Å². The van der Waals surface area contributed by atoms with Crippen molar-refractivity contribution in [3.8, 4) is 0 Å². The summed E-state index contributed by atoms with van der Waals surface area (Å²) < 4.78 is 13.2. The molecule has 0 bridgehead atoms. The lowest BCUT2D eigenvalue weighted by Gasteiger charge is -2.11. The van der Waals surface area contributed by atoms with E-state index < -0.39 is 0 Å². The smallest absolute Gasteiger partial charge is 0.128 e. The second-order valence-corrected chi connectivity index (χ2v) is 3.16. The van der Waals surface area contributed by atoms with Gasteiger partial charge < -0.3 is 5.73 Å². The molecule has 1 aromatic carbocycles. The minimum atomic E-state index is -0.280. The van der Waals surface area contributed by atoms with Crippen LogP contribution in [0.5, 0.6) is 0 Å². The first-order chi connectivity index (χ1) is 6.15. The Bertz CT molecular complexity index is 312. The van der Waals surface area contributed by atoms with Crippen LogP contribution in [0.2, 0.25) is 0 Å². The standard InChI is InChI=1S/C11H14FN.ClH/c1-3-4-11(13)9-7-8(2)5-6-10(9)12;/h3,5-7,11H,1,4,13H2,2H3;1H/t11-;/m1./s1. The van der Waals surface area contributed by atoms with Crippen molar-refractivity contribution in [3.05, 3.63) is 47.8 Å². The van der Waals surface area contributed by atoms with Crippen molar-refractivity contribution < 1.29 is 4.39 Å². The van der Waals surface area contributed by atoms with Gasteiger partial charge in [-0.15, -0.1) is 19.0 Å². The van der Waals surface area contributed by atoms with E-state index in [0.29, 0.717) is 12.0 Å². The van der Waals surface area contributed by atoms with Gasteiger partial charge in [0, 0.05) is 11.6 Å². The predicted octanol–water partition coefficient (Wildman–Crippen LogP) is 3.13. The van der Waals surface area contributed by atoms with Gasteiger partial charge in [0.1, 0.15) is 5.82 Å². The molecular weight excluding hydrogens is 201 g/mol. The quantitative estimate of drug-likeness (QED) is 0.771. The number of aryl methyl sites for hydroxylation is 1. The number of benzene rings is 1. The maximum Gasteiger partial charge on any atom is 0.128 e. The Morgan fingerprint density at radius 2 is 2.21 bits per heavy atom. The van der Waals surface area contributed by atoms with Gasteiger partial charge in [0.05, 0.1) is 0 Å².